The summed E-state index contributed by atoms with van der Waals surface area (Å²) in [5, 5.41) is 0.726. The van der Waals surface area contributed by atoms with Gasteiger partial charge in [0.2, 0.25) is 5.91 Å². The van der Waals surface area contributed by atoms with Crippen LogP contribution in [-0.2, 0) is 4.79 Å². The molecule has 1 aromatic carbocycles. The molecule has 1 aromatic heterocycles. The molecule has 1 aliphatic heterocycles. The van der Waals surface area contributed by atoms with Crippen LogP contribution in [0.25, 0.3) is 11.0 Å². The van der Waals surface area contributed by atoms with Gasteiger partial charge in [0.15, 0.2) is 0 Å². The zero-order valence-corrected chi connectivity index (χ0v) is 13.9. The Balaban J connectivity index is 1.48. The molecule has 1 aliphatic carbocycles. The molecule has 6 nitrogen and oxygen atoms in total. The monoisotopic (exact) mass is 340 g/mol. The highest BCUT2D eigenvalue weighted by molar-refractivity contribution is 5.96. The van der Waals surface area contributed by atoms with Crippen LogP contribution in [0.4, 0.5) is 0 Å². The zero-order chi connectivity index (χ0) is 17.4. The average Bonchev–Trinajstić information content (AvgIpc) is 2.59. The summed E-state index contributed by atoms with van der Waals surface area (Å²) in [7, 11) is 0. The van der Waals surface area contributed by atoms with Crippen molar-refractivity contribution < 1.29 is 14.0 Å². The first-order chi connectivity index (χ1) is 12.1. The zero-order valence-electron chi connectivity index (χ0n) is 13.9. The van der Waals surface area contributed by atoms with E-state index < -0.39 is 5.63 Å². The molecule has 0 atom stereocenters. The first-order valence-corrected chi connectivity index (χ1v) is 8.74. The minimum Gasteiger partial charge on any atom is -0.422 e. The second-order valence-electron chi connectivity index (χ2n) is 6.73. The Kier molecular flexibility index (Phi) is 4.03. The molecule has 0 unspecified atom stereocenters. The fourth-order valence-corrected chi connectivity index (χ4v) is 3.42. The predicted octanol–water partition coefficient (Wildman–Crippen LogP) is 1.88. The Bertz CT molecular complexity index is 876. The van der Waals surface area contributed by atoms with Crippen molar-refractivity contribution in [2.75, 3.05) is 26.2 Å². The summed E-state index contributed by atoms with van der Waals surface area (Å²) in [4.78, 5) is 40.6. The maximum atomic E-state index is 12.7. The maximum Gasteiger partial charge on any atom is 0.349 e. The summed E-state index contributed by atoms with van der Waals surface area (Å²) < 4.78 is 5.25. The number of rotatable bonds is 2. The molecular formula is C19H20N2O4. The molecule has 2 amide bonds. The van der Waals surface area contributed by atoms with Crippen LogP contribution in [0.2, 0.25) is 0 Å². The van der Waals surface area contributed by atoms with Crippen LogP contribution in [0.3, 0.4) is 0 Å². The van der Waals surface area contributed by atoms with E-state index in [4.69, 9.17) is 4.42 Å². The number of fused-ring (bicyclic) bond motifs is 1. The van der Waals surface area contributed by atoms with Crippen LogP contribution in [0, 0.1) is 5.92 Å². The van der Waals surface area contributed by atoms with Crippen molar-refractivity contribution in [2.24, 2.45) is 5.92 Å². The Labute approximate surface area is 145 Å². The average molecular weight is 340 g/mol. The number of benzene rings is 1. The fraction of sp³-hybridized carbons (Fsp3) is 0.421. The molecule has 25 heavy (non-hydrogen) atoms. The summed E-state index contributed by atoms with van der Waals surface area (Å²) in [6.45, 7) is 1.95. The SMILES string of the molecule is O=C(c1cc2ccccc2oc1=O)N1CCN(C(=O)C2CCC2)CC1. The maximum absolute atomic E-state index is 12.7. The van der Waals surface area contributed by atoms with Crippen molar-refractivity contribution in [1.29, 1.82) is 0 Å². The third-order valence-electron chi connectivity index (χ3n) is 5.20. The van der Waals surface area contributed by atoms with Crippen LogP contribution in [0.15, 0.2) is 39.5 Å². The first kappa shape index (κ1) is 15.9. The van der Waals surface area contributed by atoms with E-state index in [1.807, 2.05) is 17.0 Å². The van der Waals surface area contributed by atoms with E-state index in [-0.39, 0.29) is 23.3 Å². The molecule has 6 heteroatoms. The number of piperazine rings is 1. The Morgan fingerprint density at radius 3 is 2.36 bits per heavy atom. The Morgan fingerprint density at radius 2 is 1.68 bits per heavy atom. The largest absolute Gasteiger partial charge is 0.422 e. The van der Waals surface area contributed by atoms with E-state index in [0.717, 1.165) is 24.6 Å². The van der Waals surface area contributed by atoms with Gasteiger partial charge in [0, 0.05) is 37.5 Å². The van der Waals surface area contributed by atoms with Crippen molar-refractivity contribution in [3.8, 4) is 0 Å². The number of hydrogen-bond donors (Lipinski definition) is 0. The van der Waals surface area contributed by atoms with Crippen molar-refractivity contribution in [3.63, 3.8) is 0 Å². The van der Waals surface area contributed by atoms with Crippen LogP contribution in [0.5, 0.6) is 0 Å². The van der Waals surface area contributed by atoms with Crippen LogP contribution in [0.1, 0.15) is 29.6 Å². The molecule has 2 aromatic rings. The van der Waals surface area contributed by atoms with E-state index in [9.17, 15) is 14.4 Å². The molecule has 0 bridgehead atoms. The predicted molar refractivity (Wildman–Crippen MR) is 92.3 cm³/mol. The van der Waals surface area contributed by atoms with Gasteiger partial charge in [0.1, 0.15) is 11.1 Å². The van der Waals surface area contributed by atoms with Gasteiger partial charge in [-0.3, -0.25) is 9.59 Å². The molecule has 0 spiro atoms. The van der Waals surface area contributed by atoms with Gasteiger partial charge in [-0.1, -0.05) is 24.6 Å². The first-order valence-electron chi connectivity index (χ1n) is 8.74. The number of nitrogens with zero attached hydrogens (tertiary/aromatic N) is 2. The molecule has 2 aliphatic rings. The molecule has 0 N–H and O–H groups in total. The van der Waals surface area contributed by atoms with Gasteiger partial charge in [-0.15, -0.1) is 0 Å². The fourth-order valence-electron chi connectivity index (χ4n) is 3.42. The van der Waals surface area contributed by atoms with Gasteiger partial charge < -0.3 is 14.2 Å². The summed E-state index contributed by atoms with van der Waals surface area (Å²) in [6, 6.07) is 8.72. The summed E-state index contributed by atoms with van der Waals surface area (Å²) in [5.74, 6) is 0.0635. The minimum atomic E-state index is -0.614. The van der Waals surface area contributed by atoms with Crippen LogP contribution < -0.4 is 5.63 Å². The smallest absolute Gasteiger partial charge is 0.349 e. The number of carbonyl (C=O) groups is 2. The summed E-state index contributed by atoms with van der Waals surface area (Å²) >= 11 is 0. The lowest BCUT2D eigenvalue weighted by molar-refractivity contribution is -0.139. The topological polar surface area (TPSA) is 70.8 Å². The highest BCUT2D eigenvalue weighted by Crippen LogP contribution is 2.28. The summed E-state index contributed by atoms with van der Waals surface area (Å²) in [6.07, 6.45) is 3.10. The molecule has 4 rings (SSSR count). The molecular weight excluding hydrogens is 320 g/mol. The van der Waals surface area contributed by atoms with Gasteiger partial charge in [-0.25, -0.2) is 4.79 Å². The second-order valence-corrected chi connectivity index (χ2v) is 6.73. The van der Waals surface area contributed by atoms with Crippen molar-refractivity contribution >= 4 is 22.8 Å². The quantitative estimate of drug-likeness (QED) is 0.783. The molecule has 130 valence electrons. The van der Waals surface area contributed by atoms with Gasteiger partial charge in [0.05, 0.1) is 0 Å². The number of carbonyl (C=O) groups excluding carboxylic acids is 2. The molecule has 2 heterocycles. The highest BCUT2D eigenvalue weighted by atomic mass is 16.4. The van der Waals surface area contributed by atoms with Gasteiger partial charge >= 0.3 is 5.63 Å². The standard InChI is InChI=1S/C19H20N2O4/c22-17(13-5-3-6-13)20-8-10-21(11-9-20)18(23)15-12-14-4-1-2-7-16(14)25-19(15)24/h1-2,4,7,12-13H,3,5-6,8-11H2. The van der Waals surface area contributed by atoms with Crippen LogP contribution >= 0.6 is 0 Å². The van der Waals surface area contributed by atoms with E-state index in [1.54, 1.807) is 23.1 Å². The Morgan fingerprint density at radius 1 is 1.00 bits per heavy atom. The number of para-hydroxylation sites is 1. The molecule has 2 fully saturated rings. The lowest BCUT2D eigenvalue weighted by Crippen LogP contribution is -2.53. The Hall–Kier alpha value is -2.63. The van der Waals surface area contributed by atoms with E-state index in [0.29, 0.717) is 31.8 Å². The molecule has 1 saturated heterocycles. The van der Waals surface area contributed by atoms with Crippen molar-refractivity contribution in [2.45, 2.75) is 19.3 Å². The minimum absolute atomic E-state index is 0.0532. The van der Waals surface area contributed by atoms with Gasteiger partial charge in [-0.05, 0) is 25.0 Å². The lowest BCUT2D eigenvalue weighted by atomic mass is 9.84. The van der Waals surface area contributed by atoms with Crippen molar-refractivity contribution in [1.82, 2.24) is 9.80 Å². The van der Waals surface area contributed by atoms with Gasteiger partial charge in [-0.2, -0.15) is 0 Å². The lowest BCUT2D eigenvalue weighted by Gasteiger charge is -2.38. The number of amides is 2. The van der Waals surface area contributed by atoms with Gasteiger partial charge in [0.25, 0.3) is 5.91 Å². The third kappa shape index (κ3) is 2.92. The normalized spacial score (nSPS) is 18.2. The van der Waals surface area contributed by atoms with Crippen LogP contribution in [-0.4, -0.2) is 47.8 Å². The van der Waals surface area contributed by atoms with Crippen molar-refractivity contribution in [3.05, 3.63) is 46.3 Å². The number of hydrogen-bond acceptors (Lipinski definition) is 4. The highest BCUT2D eigenvalue weighted by Gasteiger charge is 2.32. The summed E-state index contributed by atoms with van der Waals surface area (Å²) in [5.41, 5.74) is -0.0888. The van der Waals surface area contributed by atoms with E-state index >= 15 is 0 Å². The molecule has 0 radical (unpaired) electrons. The van der Waals surface area contributed by atoms with E-state index in [2.05, 4.69) is 0 Å². The van der Waals surface area contributed by atoms with E-state index in [1.165, 1.54) is 0 Å². The second kappa shape index (κ2) is 6.35. The molecule has 1 saturated carbocycles. The third-order valence-corrected chi connectivity index (χ3v) is 5.20.